The summed E-state index contributed by atoms with van der Waals surface area (Å²) in [5.74, 6) is 7.60. The molecule has 56 heavy (non-hydrogen) atoms. The number of H-pyrrole nitrogens is 2. The summed E-state index contributed by atoms with van der Waals surface area (Å²) in [5.41, 5.74) is 3.99. The van der Waals surface area contributed by atoms with Gasteiger partial charge in [-0.05, 0) is 72.4 Å². The zero-order valence-corrected chi connectivity index (χ0v) is 33.4. The molecule has 4 N–H and O–H groups in total. The van der Waals surface area contributed by atoms with E-state index in [9.17, 15) is 19.2 Å². The average molecular weight is 765 g/mol. The molecular weight excluding hydrogens is 713 g/mol. The van der Waals surface area contributed by atoms with Gasteiger partial charge in [-0.3, -0.25) is 9.59 Å². The Morgan fingerprint density at radius 2 is 1.27 bits per heavy atom. The van der Waals surface area contributed by atoms with Gasteiger partial charge in [-0.1, -0.05) is 65.5 Å². The van der Waals surface area contributed by atoms with Crippen molar-refractivity contribution in [3.05, 3.63) is 71.4 Å². The van der Waals surface area contributed by atoms with Gasteiger partial charge in [0.2, 0.25) is 11.8 Å². The molecule has 14 nitrogen and oxygen atoms in total. The second kappa shape index (κ2) is 16.1. The number of benzene rings is 2. The number of hydrogen-bond donors (Lipinski definition) is 4. The summed E-state index contributed by atoms with van der Waals surface area (Å²) in [7, 11) is 2.57. The Balaban J connectivity index is 1.13. The van der Waals surface area contributed by atoms with Gasteiger partial charge in [-0.2, -0.15) is 0 Å². The Morgan fingerprint density at radius 3 is 1.80 bits per heavy atom. The zero-order valence-electron chi connectivity index (χ0n) is 33.4. The molecule has 6 rings (SSSR count). The number of likely N-dealkylation sites (tertiary alicyclic amines) is 2. The monoisotopic (exact) mass is 764 g/mol. The second-order valence-corrected chi connectivity index (χ2v) is 16.6. The van der Waals surface area contributed by atoms with E-state index in [1.54, 1.807) is 16.0 Å². The fourth-order valence-corrected chi connectivity index (χ4v) is 7.41. The highest BCUT2D eigenvalue weighted by Gasteiger charge is 2.42. The van der Waals surface area contributed by atoms with Gasteiger partial charge in [0.15, 0.2) is 0 Å². The lowest BCUT2D eigenvalue weighted by molar-refractivity contribution is -0.137. The molecule has 4 heterocycles. The Hall–Kier alpha value is -5.84. The molecule has 4 unspecified atom stereocenters. The number of amides is 4. The van der Waals surface area contributed by atoms with Gasteiger partial charge >= 0.3 is 12.2 Å². The predicted octanol–water partition coefficient (Wildman–Crippen LogP) is 6.22. The van der Waals surface area contributed by atoms with Gasteiger partial charge in [0.05, 0.1) is 49.2 Å². The van der Waals surface area contributed by atoms with Crippen LogP contribution in [0.1, 0.15) is 102 Å². The number of imidazole rings is 2. The van der Waals surface area contributed by atoms with Crippen LogP contribution in [0.2, 0.25) is 0 Å². The second-order valence-electron chi connectivity index (χ2n) is 16.6. The van der Waals surface area contributed by atoms with Crippen molar-refractivity contribution in [1.29, 1.82) is 0 Å². The summed E-state index contributed by atoms with van der Waals surface area (Å²) < 4.78 is 9.59. The van der Waals surface area contributed by atoms with Crippen LogP contribution in [0, 0.1) is 22.7 Å². The van der Waals surface area contributed by atoms with E-state index in [-0.39, 0.29) is 23.9 Å². The largest absolute Gasteiger partial charge is 0.453 e. The molecule has 4 aromatic rings. The van der Waals surface area contributed by atoms with E-state index >= 15 is 0 Å². The third kappa shape index (κ3) is 8.67. The van der Waals surface area contributed by atoms with E-state index in [0.29, 0.717) is 24.7 Å². The van der Waals surface area contributed by atoms with Crippen molar-refractivity contribution in [3.8, 4) is 23.1 Å². The molecule has 2 saturated heterocycles. The number of carbonyl (C=O) groups is 4. The molecule has 2 aliphatic rings. The van der Waals surface area contributed by atoms with Gasteiger partial charge in [0.25, 0.3) is 0 Å². The molecule has 0 aliphatic carbocycles. The van der Waals surface area contributed by atoms with Crippen LogP contribution in [0.4, 0.5) is 9.59 Å². The molecule has 0 spiro atoms. The minimum atomic E-state index is -0.751. The van der Waals surface area contributed by atoms with Crippen molar-refractivity contribution >= 4 is 35.0 Å². The topological polar surface area (TPSA) is 175 Å². The summed E-state index contributed by atoms with van der Waals surface area (Å²) in [6, 6.07) is 11.7. The fraction of sp³-hybridized carbons (Fsp3) is 0.476. The Bertz CT molecular complexity index is 2150. The van der Waals surface area contributed by atoms with Crippen LogP contribution in [0.15, 0.2) is 48.7 Å². The quantitative estimate of drug-likeness (QED) is 0.161. The smallest absolute Gasteiger partial charge is 0.407 e. The number of nitrogens with zero attached hydrogens (tertiary/aromatic N) is 4. The summed E-state index contributed by atoms with van der Waals surface area (Å²) >= 11 is 0. The molecule has 2 aromatic carbocycles. The molecule has 0 radical (unpaired) electrons. The van der Waals surface area contributed by atoms with Crippen LogP contribution in [0.5, 0.6) is 0 Å². The molecule has 4 atom stereocenters. The highest BCUT2D eigenvalue weighted by atomic mass is 16.5. The van der Waals surface area contributed by atoms with Crippen LogP contribution in [-0.4, -0.2) is 93.1 Å². The Labute approximate surface area is 327 Å². The number of rotatable bonds is 7. The number of carbonyl (C=O) groups excluding carboxylic acids is 4. The molecule has 2 fully saturated rings. The van der Waals surface area contributed by atoms with Gasteiger partial charge in [0.1, 0.15) is 23.7 Å². The molecular formula is C42H52N8O6. The lowest BCUT2D eigenvalue weighted by Crippen LogP contribution is -2.54. The normalized spacial score (nSPS) is 18.2. The lowest BCUT2D eigenvalue weighted by atomic mass is 9.85. The SMILES string of the molecule is COC(=O)NC(C(=O)N1CCCC1c1ncc(-c2ccc(C#Cc3ccc4nc(C5CCCN5C(=O)C(NC(=O)OC)C(C)(C)C)[nH]c4c3)cc2)[nH]1)C(C)(C)C. The molecule has 0 saturated carbocycles. The zero-order chi connectivity index (χ0) is 40.4. The van der Waals surface area contributed by atoms with Crippen LogP contribution in [-0.2, 0) is 19.1 Å². The van der Waals surface area contributed by atoms with Gasteiger partial charge in [0, 0.05) is 24.2 Å². The van der Waals surface area contributed by atoms with Crippen molar-refractivity contribution < 1.29 is 28.7 Å². The van der Waals surface area contributed by atoms with Crippen LogP contribution in [0.3, 0.4) is 0 Å². The Kier molecular flexibility index (Phi) is 11.5. The first kappa shape index (κ1) is 39.8. The highest BCUT2D eigenvalue weighted by Crippen LogP contribution is 2.36. The molecule has 2 aliphatic heterocycles. The first-order chi connectivity index (χ1) is 26.6. The van der Waals surface area contributed by atoms with Crippen LogP contribution in [0.25, 0.3) is 22.3 Å². The third-order valence-electron chi connectivity index (χ3n) is 10.5. The van der Waals surface area contributed by atoms with E-state index in [4.69, 9.17) is 14.5 Å². The standard InChI is InChI=1S/C42H52N8O6/c1-41(2,3)33(47-39(53)55-7)37(51)49-21-9-11-31(49)35-43-24-30(46-35)27-18-15-25(16-19-27)13-14-26-17-20-28-29(23-26)45-36(44-28)32-12-10-22-50(32)38(52)34(42(4,5)6)48-40(54)56-8/h15-20,23-24,31-34H,9-12,21-22H2,1-8H3,(H,43,46)(H,44,45)(H,47,53)(H,48,54). The number of fused-ring (bicyclic) bond motifs is 1. The van der Waals surface area contributed by atoms with E-state index in [1.807, 2.05) is 84.0 Å². The maximum atomic E-state index is 13.8. The van der Waals surface area contributed by atoms with E-state index < -0.39 is 35.1 Å². The lowest BCUT2D eigenvalue weighted by Gasteiger charge is -2.35. The van der Waals surface area contributed by atoms with E-state index in [1.165, 1.54) is 14.2 Å². The number of aromatic amines is 2. The molecule has 296 valence electrons. The van der Waals surface area contributed by atoms with Crippen LogP contribution >= 0.6 is 0 Å². The predicted molar refractivity (Wildman–Crippen MR) is 211 cm³/mol. The summed E-state index contributed by atoms with van der Waals surface area (Å²) in [5, 5.41) is 5.46. The maximum Gasteiger partial charge on any atom is 0.407 e. The first-order valence-electron chi connectivity index (χ1n) is 19.0. The van der Waals surface area contributed by atoms with E-state index in [2.05, 4.69) is 37.4 Å². The fourth-order valence-electron chi connectivity index (χ4n) is 7.41. The van der Waals surface area contributed by atoms with Gasteiger partial charge < -0.3 is 39.9 Å². The highest BCUT2D eigenvalue weighted by molar-refractivity contribution is 5.88. The third-order valence-corrected chi connectivity index (χ3v) is 10.5. The number of nitrogens with one attached hydrogen (secondary N) is 4. The number of aromatic nitrogens is 4. The maximum absolute atomic E-state index is 13.8. The van der Waals surface area contributed by atoms with Gasteiger partial charge in [-0.25, -0.2) is 19.6 Å². The molecule has 2 aromatic heterocycles. The number of ether oxygens (including phenoxy) is 2. The summed E-state index contributed by atoms with van der Waals surface area (Å²) in [4.78, 5) is 71.6. The van der Waals surface area contributed by atoms with Crippen molar-refractivity contribution in [2.75, 3.05) is 27.3 Å². The number of hydrogen-bond acceptors (Lipinski definition) is 8. The van der Waals surface area contributed by atoms with E-state index in [0.717, 1.165) is 59.1 Å². The molecule has 14 heteroatoms. The molecule has 0 bridgehead atoms. The van der Waals surface area contributed by atoms with Gasteiger partial charge in [-0.15, -0.1) is 0 Å². The van der Waals surface area contributed by atoms with Crippen molar-refractivity contribution in [1.82, 2.24) is 40.4 Å². The number of alkyl carbamates (subject to hydrolysis) is 2. The molecule has 4 amide bonds. The summed E-state index contributed by atoms with van der Waals surface area (Å²) in [6.07, 6.45) is 3.69. The van der Waals surface area contributed by atoms with Crippen molar-refractivity contribution in [2.24, 2.45) is 10.8 Å². The minimum absolute atomic E-state index is 0.161. The Morgan fingerprint density at radius 1 is 0.750 bits per heavy atom. The van der Waals surface area contributed by atoms with Crippen LogP contribution < -0.4 is 10.6 Å². The average Bonchev–Trinajstić information content (AvgIpc) is 3.99. The number of methoxy groups -OCH3 is 2. The van der Waals surface area contributed by atoms with Crippen molar-refractivity contribution in [3.63, 3.8) is 0 Å². The van der Waals surface area contributed by atoms with Crippen molar-refractivity contribution in [2.45, 2.75) is 91.4 Å². The minimum Gasteiger partial charge on any atom is -0.453 e. The first-order valence-corrected chi connectivity index (χ1v) is 19.0. The summed E-state index contributed by atoms with van der Waals surface area (Å²) in [6.45, 7) is 12.6.